The van der Waals surface area contributed by atoms with E-state index in [4.69, 9.17) is 4.74 Å². The molecule has 3 nitrogen and oxygen atoms in total. The molecule has 4 heteroatoms. The minimum Gasteiger partial charge on any atom is -0.377 e. The van der Waals surface area contributed by atoms with Crippen LogP contribution in [0.3, 0.4) is 0 Å². The van der Waals surface area contributed by atoms with Gasteiger partial charge in [-0.1, -0.05) is 0 Å². The molecule has 104 valence electrons. The topological polar surface area (TPSA) is 24.5 Å². The largest absolute Gasteiger partial charge is 0.377 e. The zero-order valence-corrected chi connectivity index (χ0v) is 12.8. The van der Waals surface area contributed by atoms with Gasteiger partial charge in [0.05, 0.1) is 12.7 Å². The van der Waals surface area contributed by atoms with E-state index in [0.29, 0.717) is 6.10 Å². The van der Waals surface area contributed by atoms with Crippen molar-refractivity contribution in [1.29, 1.82) is 0 Å². The number of nitrogens with zero attached hydrogens (tertiary/aromatic N) is 1. The maximum Gasteiger partial charge on any atom is 0.0596 e. The van der Waals surface area contributed by atoms with Gasteiger partial charge in [-0.25, -0.2) is 0 Å². The van der Waals surface area contributed by atoms with E-state index in [1.807, 2.05) is 11.3 Å². The maximum atomic E-state index is 5.53. The molecule has 0 amide bonds. The smallest absolute Gasteiger partial charge is 0.0596 e. The van der Waals surface area contributed by atoms with Gasteiger partial charge >= 0.3 is 0 Å². The van der Waals surface area contributed by atoms with Crippen LogP contribution in [-0.4, -0.2) is 44.3 Å². The molecule has 0 atom stereocenters. The van der Waals surface area contributed by atoms with Gasteiger partial charge in [-0.3, -0.25) is 0 Å². The molecule has 0 bridgehead atoms. The van der Waals surface area contributed by atoms with Crippen molar-refractivity contribution >= 4 is 11.3 Å². The molecule has 18 heavy (non-hydrogen) atoms. The summed E-state index contributed by atoms with van der Waals surface area (Å²) in [4.78, 5) is 5.10. The number of nitrogens with one attached hydrogen (secondary N) is 1. The Hall–Kier alpha value is -0.420. The van der Waals surface area contributed by atoms with Crippen LogP contribution in [0.2, 0.25) is 0 Å². The highest BCUT2D eigenvalue weighted by Gasteiger charge is 2.00. The van der Waals surface area contributed by atoms with E-state index in [9.17, 15) is 0 Å². The summed E-state index contributed by atoms with van der Waals surface area (Å²) in [7, 11) is 2.14. The number of aryl methyl sites for hydroxylation is 1. The van der Waals surface area contributed by atoms with Crippen molar-refractivity contribution < 1.29 is 4.74 Å². The lowest BCUT2D eigenvalue weighted by Gasteiger charge is -2.17. The lowest BCUT2D eigenvalue weighted by Crippen LogP contribution is -2.31. The summed E-state index contributed by atoms with van der Waals surface area (Å²) in [6.45, 7) is 11.2. The van der Waals surface area contributed by atoms with Crippen LogP contribution in [0.4, 0.5) is 0 Å². The monoisotopic (exact) mass is 270 g/mol. The number of likely N-dealkylation sites (N-methyl/N-ethyl adjacent to an activating group) is 1. The lowest BCUT2D eigenvalue weighted by atomic mass is 10.4. The molecule has 0 fully saturated rings. The molecule has 1 heterocycles. The van der Waals surface area contributed by atoms with Crippen LogP contribution < -0.4 is 5.32 Å². The first-order chi connectivity index (χ1) is 8.58. The van der Waals surface area contributed by atoms with Crippen LogP contribution in [0, 0.1) is 6.92 Å². The molecule has 0 saturated carbocycles. The van der Waals surface area contributed by atoms with Crippen molar-refractivity contribution in [2.75, 3.05) is 33.3 Å². The van der Waals surface area contributed by atoms with Crippen LogP contribution >= 0.6 is 11.3 Å². The Labute approximate surface area is 115 Å². The summed E-state index contributed by atoms with van der Waals surface area (Å²) >= 11 is 1.87. The Kier molecular flexibility index (Phi) is 7.51. The average molecular weight is 270 g/mol. The van der Waals surface area contributed by atoms with E-state index in [1.165, 1.54) is 9.75 Å². The molecular formula is C14H26N2OS. The summed E-state index contributed by atoms with van der Waals surface area (Å²) in [5.74, 6) is 0. The van der Waals surface area contributed by atoms with Gasteiger partial charge in [-0.2, -0.15) is 0 Å². The molecule has 0 aliphatic carbocycles. The van der Waals surface area contributed by atoms with Crippen molar-refractivity contribution in [3.05, 3.63) is 21.9 Å². The van der Waals surface area contributed by atoms with Crippen molar-refractivity contribution in [2.45, 2.75) is 33.4 Å². The van der Waals surface area contributed by atoms with E-state index >= 15 is 0 Å². The second-order valence-corrected chi connectivity index (χ2v) is 6.28. The van der Waals surface area contributed by atoms with E-state index in [0.717, 1.165) is 32.8 Å². The third kappa shape index (κ3) is 7.11. The quantitative estimate of drug-likeness (QED) is 0.698. The highest BCUT2D eigenvalue weighted by molar-refractivity contribution is 7.11. The minimum absolute atomic E-state index is 0.332. The zero-order chi connectivity index (χ0) is 13.4. The molecule has 0 aromatic carbocycles. The summed E-state index contributed by atoms with van der Waals surface area (Å²) in [5, 5.41) is 3.47. The molecule has 0 spiro atoms. The maximum absolute atomic E-state index is 5.53. The predicted molar refractivity (Wildman–Crippen MR) is 79.3 cm³/mol. The molecule has 0 aliphatic rings. The normalized spacial score (nSPS) is 11.7. The predicted octanol–water partition coefficient (Wildman–Crippen LogP) is 2.50. The highest BCUT2D eigenvalue weighted by Crippen LogP contribution is 2.14. The average Bonchev–Trinajstić information content (AvgIpc) is 2.70. The standard InChI is InChI=1S/C14H26N2OS/c1-12(2)17-10-9-16(4)8-7-15-11-14-6-5-13(3)18-14/h5-6,12,15H,7-11H2,1-4H3. The van der Waals surface area contributed by atoms with Crippen molar-refractivity contribution in [1.82, 2.24) is 10.2 Å². The number of thiophene rings is 1. The van der Waals surface area contributed by atoms with E-state index in [2.05, 4.69) is 50.2 Å². The van der Waals surface area contributed by atoms with Gasteiger partial charge in [0.2, 0.25) is 0 Å². The summed E-state index contributed by atoms with van der Waals surface area (Å²) < 4.78 is 5.53. The summed E-state index contributed by atoms with van der Waals surface area (Å²) in [6.07, 6.45) is 0.332. The fourth-order valence-electron chi connectivity index (χ4n) is 1.62. The molecule has 0 unspecified atom stereocenters. The Morgan fingerprint density at radius 3 is 2.72 bits per heavy atom. The third-order valence-electron chi connectivity index (χ3n) is 2.69. The third-order valence-corrected chi connectivity index (χ3v) is 3.69. The molecule has 0 aliphatic heterocycles. The Morgan fingerprint density at radius 2 is 2.11 bits per heavy atom. The van der Waals surface area contributed by atoms with E-state index in [-0.39, 0.29) is 0 Å². The number of rotatable bonds is 9. The Bertz CT molecular complexity index is 325. The molecule has 0 saturated heterocycles. The van der Waals surface area contributed by atoms with E-state index < -0.39 is 0 Å². The van der Waals surface area contributed by atoms with Crippen molar-refractivity contribution in [3.8, 4) is 0 Å². The first-order valence-electron chi connectivity index (χ1n) is 6.64. The van der Waals surface area contributed by atoms with Crippen LogP contribution in [0.5, 0.6) is 0 Å². The number of hydrogen-bond acceptors (Lipinski definition) is 4. The fourth-order valence-corrected chi connectivity index (χ4v) is 2.48. The molecule has 0 radical (unpaired) electrons. The van der Waals surface area contributed by atoms with Crippen LogP contribution in [0.1, 0.15) is 23.6 Å². The molecule has 1 aromatic rings. The van der Waals surface area contributed by atoms with Gasteiger partial charge < -0.3 is 15.0 Å². The molecule has 1 aromatic heterocycles. The number of hydrogen-bond donors (Lipinski definition) is 1. The van der Waals surface area contributed by atoms with Crippen molar-refractivity contribution in [3.63, 3.8) is 0 Å². The molecule has 1 N–H and O–H groups in total. The van der Waals surface area contributed by atoms with Gasteiger partial charge in [0.1, 0.15) is 0 Å². The zero-order valence-electron chi connectivity index (χ0n) is 12.0. The second kappa shape index (κ2) is 8.64. The van der Waals surface area contributed by atoms with Gasteiger partial charge in [0, 0.05) is 35.9 Å². The first kappa shape index (κ1) is 15.6. The van der Waals surface area contributed by atoms with Crippen LogP contribution in [0.15, 0.2) is 12.1 Å². The van der Waals surface area contributed by atoms with Crippen LogP contribution in [-0.2, 0) is 11.3 Å². The molecular weight excluding hydrogens is 244 g/mol. The number of ether oxygens (including phenoxy) is 1. The van der Waals surface area contributed by atoms with E-state index in [1.54, 1.807) is 0 Å². The van der Waals surface area contributed by atoms with Crippen LogP contribution in [0.25, 0.3) is 0 Å². The lowest BCUT2D eigenvalue weighted by molar-refractivity contribution is 0.0640. The van der Waals surface area contributed by atoms with Gasteiger partial charge in [0.15, 0.2) is 0 Å². The summed E-state index contributed by atoms with van der Waals surface area (Å²) in [5.41, 5.74) is 0. The fraction of sp³-hybridized carbons (Fsp3) is 0.714. The van der Waals surface area contributed by atoms with Crippen molar-refractivity contribution in [2.24, 2.45) is 0 Å². The Balaban J connectivity index is 2.00. The Morgan fingerprint density at radius 1 is 1.33 bits per heavy atom. The van der Waals surface area contributed by atoms with Gasteiger partial charge in [-0.05, 0) is 40.0 Å². The highest BCUT2D eigenvalue weighted by atomic mass is 32.1. The minimum atomic E-state index is 0.332. The van der Waals surface area contributed by atoms with Gasteiger partial charge in [0.25, 0.3) is 0 Å². The SMILES string of the molecule is Cc1ccc(CNCCN(C)CCOC(C)C)s1. The summed E-state index contributed by atoms with van der Waals surface area (Å²) in [6, 6.07) is 4.38. The molecule has 1 rings (SSSR count). The van der Waals surface area contributed by atoms with Gasteiger partial charge in [-0.15, -0.1) is 11.3 Å². The second-order valence-electron chi connectivity index (χ2n) is 4.91. The first-order valence-corrected chi connectivity index (χ1v) is 7.45.